The highest BCUT2D eigenvalue weighted by Gasteiger charge is 2.28. The molecule has 10 nitrogen and oxygen atoms in total. The third-order valence-electron chi connectivity index (χ3n) is 4.28. The highest BCUT2D eigenvalue weighted by Crippen LogP contribution is 2.12. The first-order chi connectivity index (χ1) is 13.3. The zero-order valence-electron chi connectivity index (χ0n) is 16.7. The van der Waals surface area contributed by atoms with Crippen LogP contribution in [0.2, 0.25) is 0 Å². The lowest BCUT2D eigenvalue weighted by molar-refractivity contribution is -0.123. The van der Waals surface area contributed by atoms with E-state index in [9.17, 15) is 13.2 Å². The molecule has 1 aliphatic heterocycles. The number of sulfonamides is 1. The topological polar surface area (TPSA) is 120 Å². The molecule has 1 saturated heterocycles. The van der Waals surface area contributed by atoms with Crippen LogP contribution in [0, 0.1) is 5.92 Å². The molecule has 0 aliphatic carbocycles. The van der Waals surface area contributed by atoms with Crippen LogP contribution in [0.25, 0.3) is 0 Å². The monoisotopic (exact) mass is 414 g/mol. The van der Waals surface area contributed by atoms with Crippen molar-refractivity contribution in [1.29, 1.82) is 0 Å². The number of aromatic nitrogens is 1. The number of nitrogens with zero attached hydrogens (tertiary/aromatic N) is 4. The minimum atomic E-state index is -3.43. The summed E-state index contributed by atoms with van der Waals surface area (Å²) < 4.78 is 31.2. The summed E-state index contributed by atoms with van der Waals surface area (Å²) in [7, 11) is -3.43. The predicted octanol–water partition coefficient (Wildman–Crippen LogP) is -0.140. The van der Waals surface area contributed by atoms with Gasteiger partial charge in [0.25, 0.3) is 0 Å². The second-order valence-electron chi connectivity index (χ2n) is 6.81. The number of amides is 1. The summed E-state index contributed by atoms with van der Waals surface area (Å²) in [5.41, 5.74) is 0.403. The van der Waals surface area contributed by atoms with Crippen LogP contribution in [0.5, 0.6) is 0 Å². The van der Waals surface area contributed by atoms with Crippen molar-refractivity contribution in [2.75, 3.05) is 45.8 Å². The molecule has 1 aromatic rings. The lowest BCUT2D eigenvalue weighted by Gasteiger charge is -2.35. The van der Waals surface area contributed by atoms with Gasteiger partial charge in [-0.1, -0.05) is 19.0 Å². The number of hydrogen-bond acceptors (Lipinski definition) is 6. The molecule has 158 valence electrons. The summed E-state index contributed by atoms with van der Waals surface area (Å²) in [5, 5.41) is 9.74. The molecule has 2 N–H and O–H groups in total. The minimum absolute atomic E-state index is 0.00568. The van der Waals surface area contributed by atoms with Crippen LogP contribution in [0.1, 0.15) is 26.5 Å². The van der Waals surface area contributed by atoms with Gasteiger partial charge in [-0.25, -0.2) is 8.42 Å². The molecular weight excluding hydrogens is 384 g/mol. The van der Waals surface area contributed by atoms with Crippen molar-refractivity contribution in [2.45, 2.75) is 26.5 Å². The maximum atomic E-state index is 12.5. The van der Waals surface area contributed by atoms with Crippen LogP contribution >= 0.6 is 0 Å². The van der Waals surface area contributed by atoms with Crippen molar-refractivity contribution in [3.63, 3.8) is 0 Å². The lowest BCUT2D eigenvalue weighted by Crippen LogP contribution is -2.54. The van der Waals surface area contributed by atoms with Crippen LogP contribution in [0.3, 0.4) is 0 Å². The third kappa shape index (κ3) is 6.48. The van der Waals surface area contributed by atoms with Gasteiger partial charge in [-0.15, -0.1) is 0 Å². The molecule has 0 spiro atoms. The Bertz CT molecular complexity index is 740. The van der Waals surface area contributed by atoms with Gasteiger partial charge in [0, 0.05) is 51.3 Å². The Kier molecular flexibility index (Phi) is 8.24. The van der Waals surface area contributed by atoms with E-state index in [4.69, 9.17) is 4.52 Å². The molecule has 0 bridgehead atoms. The van der Waals surface area contributed by atoms with E-state index < -0.39 is 10.0 Å². The number of guanidine groups is 1. The van der Waals surface area contributed by atoms with Gasteiger partial charge in [0.2, 0.25) is 15.9 Å². The van der Waals surface area contributed by atoms with E-state index >= 15 is 0 Å². The Morgan fingerprint density at radius 3 is 2.57 bits per heavy atom. The van der Waals surface area contributed by atoms with Gasteiger partial charge < -0.3 is 20.1 Å². The molecule has 1 amide bonds. The van der Waals surface area contributed by atoms with Gasteiger partial charge in [0.05, 0.1) is 12.2 Å². The van der Waals surface area contributed by atoms with Crippen molar-refractivity contribution < 1.29 is 17.7 Å². The normalized spacial score (nSPS) is 16.4. The Morgan fingerprint density at radius 2 is 2.00 bits per heavy atom. The number of rotatable bonds is 8. The summed E-state index contributed by atoms with van der Waals surface area (Å²) in [6.07, 6.45) is 1.37. The fourth-order valence-corrected chi connectivity index (χ4v) is 4.16. The van der Waals surface area contributed by atoms with Crippen molar-refractivity contribution >= 4 is 21.9 Å². The van der Waals surface area contributed by atoms with Gasteiger partial charge in [0.15, 0.2) is 5.96 Å². The number of piperazine rings is 1. The van der Waals surface area contributed by atoms with Crippen LogP contribution in [-0.2, 0) is 20.6 Å². The van der Waals surface area contributed by atoms with Gasteiger partial charge in [-0.05, 0) is 6.92 Å². The molecule has 0 atom stereocenters. The van der Waals surface area contributed by atoms with Gasteiger partial charge in [-0.3, -0.25) is 9.79 Å². The first-order valence-electron chi connectivity index (χ1n) is 9.51. The molecule has 1 fully saturated rings. The lowest BCUT2D eigenvalue weighted by atomic mass is 10.2. The molecule has 1 aliphatic rings. The molecule has 2 heterocycles. The fraction of sp³-hybridized carbons (Fsp3) is 0.706. The molecule has 0 radical (unpaired) electrons. The zero-order valence-corrected chi connectivity index (χ0v) is 17.5. The molecule has 11 heteroatoms. The minimum Gasteiger partial charge on any atom is -0.364 e. The Labute approximate surface area is 166 Å². The summed E-state index contributed by atoms with van der Waals surface area (Å²) in [6, 6.07) is 1.56. The number of carbonyl (C=O) groups is 1. The molecular formula is C17H30N6O4S. The summed E-state index contributed by atoms with van der Waals surface area (Å²) in [4.78, 5) is 18.2. The van der Waals surface area contributed by atoms with E-state index in [1.54, 1.807) is 6.07 Å². The van der Waals surface area contributed by atoms with Crippen molar-refractivity contribution in [1.82, 2.24) is 25.0 Å². The van der Waals surface area contributed by atoms with Gasteiger partial charge in [0.1, 0.15) is 12.0 Å². The largest absolute Gasteiger partial charge is 0.364 e. The van der Waals surface area contributed by atoms with Gasteiger partial charge >= 0.3 is 0 Å². The maximum absolute atomic E-state index is 12.5. The number of nitrogens with one attached hydrogen (secondary N) is 2. The number of aliphatic imine (C=N–C) groups is 1. The molecule has 1 aromatic heterocycles. The third-order valence-corrected chi connectivity index (χ3v) is 6.10. The molecule has 0 saturated carbocycles. The highest BCUT2D eigenvalue weighted by atomic mass is 32.2. The second kappa shape index (κ2) is 10.4. The van der Waals surface area contributed by atoms with E-state index in [2.05, 4.69) is 20.8 Å². The Hall–Kier alpha value is -2.14. The molecule has 28 heavy (non-hydrogen) atoms. The molecule has 2 rings (SSSR count). The fourth-order valence-electron chi connectivity index (χ4n) is 2.74. The first kappa shape index (κ1) is 22.2. The standard InChI is InChI=1S/C17H30N6O4S/c1-4-18-17(20-7-6-19-16(24)14(2)3)22-8-10-23(11-9-22)28(25,26)13-15-5-12-27-21-15/h5,12,14H,4,6-11,13H2,1-3H3,(H,18,20)(H,19,24). The quantitative estimate of drug-likeness (QED) is 0.345. The van der Waals surface area contributed by atoms with Crippen LogP contribution in [-0.4, -0.2) is 80.5 Å². The average molecular weight is 415 g/mol. The summed E-state index contributed by atoms with van der Waals surface area (Å²) >= 11 is 0. The number of hydrogen-bond donors (Lipinski definition) is 2. The molecule has 0 unspecified atom stereocenters. The Morgan fingerprint density at radius 1 is 1.29 bits per heavy atom. The van der Waals surface area contributed by atoms with Crippen LogP contribution in [0.15, 0.2) is 21.8 Å². The summed E-state index contributed by atoms with van der Waals surface area (Å²) in [6.45, 7) is 9.17. The SMILES string of the molecule is CCNC(=NCCNC(=O)C(C)C)N1CCN(S(=O)(=O)Cc2ccon2)CC1. The van der Waals surface area contributed by atoms with Crippen molar-refractivity contribution in [2.24, 2.45) is 10.9 Å². The zero-order chi connectivity index (χ0) is 20.6. The van der Waals surface area contributed by atoms with Crippen LogP contribution in [0.4, 0.5) is 0 Å². The highest BCUT2D eigenvalue weighted by molar-refractivity contribution is 7.88. The summed E-state index contributed by atoms with van der Waals surface area (Å²) in [5.74, 6) is 0.526. The average Bonchev–Trinajstić information content (AvgIpc) is 3.16. The molecule has 0 aromatic carbocycles. The Balaban J connectivity index is 1.87. The van der Waals surface area contributed by atoms with E-state index in [0.717, 1.165) is 5.96 Å². The van der Waals surface area contributed by atoms with Crippen molar-refractivity contribution in [3.8, 4) is 0 Å². The van der Waals surface area contributed by atoms with E-state index in [0.29, 0.717) is 51.5 Å². The van der Waals surface area contributed by atoms with Crippen molar-refractivity contribution in [3.05, 3.63) is 18.0 Å². The number of carbonyl (C=O) groups excluding carboxylic acids is 1. The van der Waals surface area contributed by atoms with E-state index in [1.807, 2.05) is 25.7 Å². The maximum Gasteiger partial charge on any atom is 0.222 e. The van der Waals surface area contributed by atoms with Crippen LogP contribution < -0.4 is 10.6 Å². The van der Waals surface area contributed by atoms with E-state index in [1.165, 1.54) is 10.6 Å². The van der Waals surface area contributed by atoms with Gasteiger partial charge in [-0.2, -0.15) is 4.31 Å². The van der Waals surface area contributed by atoms with E-state index in [-0.39, 0.29) is 17.6 Å². The first-order valence-corrected chi connectivity index (χ1v) is 11.1. The smallest absolute Gasteiger partial charge is 0.222 e. The predicted molar refractivity (Wildman–Crippen MR) is 106 cm³/mol. The second-order valence-corrected chi connectivity index (χ2v) is 8.78.